The number of carbonyl (C=O) groups excluding carboxylic acids is 1. The van der Waals surface area contributed by atoms with Gasteiger partial charge in [0.05, 0.1) is 6.04 Å². The lowest BCUT2D eigenvalue weighted by Crippen LogP contribution is -2.53. The monoisotopic (exact) mass is 197 g/mol. The first kappa shape index (κ1) is 8.65. The fraction of sp³-hybridized carbons (Fsp3) is 0.500. The highest BCUT2D eigenvalue weighted by atomic mass is 32.1. The maximum Gasteiger partial charge on any atom is 0.245 e. The van der Waals surface area contributed by atoms with Crippen LogP contribution in [0.4, 0.5) is 5.13 Å². The highest BCUT2D eigenvalue weighted by Gasteiger charge is 2.28. The predicted octanol–water partition coefficient (Wildman–Crippen LogP) is 0.468. The van der Waals surface area contributed by atoms with E-state index in [4.69, 9.17) is 0 Å². The van der Waals surface area contributed by atoms with Crippen molar-refractivity contribution in [3.05, 3.63) is 11.6 Å². The molecule has 0 aromatic carbocycles. The second-order valence-corrected chi connectivity index (χ2v) is 3.88. The largest absolute Gasteiger partial charge is 0.306 e. The third-order valence-corrected chi connectivity index (χ3v) is 3.01. The molecule has 0 bridgehead atoms. The smallest absolute Gasteiger partial charge is 0.245 e. The molecule has 1 atom stereocenters. The van der Waals surface area contributed by atoms with Crippen LogP contribution in [0.3, 0.4) is 0 Å². The maximum atomic E-state index is 11.7. The van der Waals surface area contributed by atoms with Crippen LogP contribution in [-0.2, 0) is 4.79 Å². The van der Waals surface area contributed by atoms with Gasteiger partial charge in [-0.15, -0.1) is 11.3 Å². The number of nitrogens with zero attached hydrogens (tertiary/aromatic N) is 2. The van der Waals surface area contributed by atoms with Gasteiger partial charge in [-0.1, -0.05) is 0 Å². The van der Waals surface area contributed by atoms with Crippen LogP contribution >= 0.6 is 11.3 Å². The molecule has 0 spiro atoms. The summed E-state index contributed by atoms with van der Waals surface area (Å²) >= 11 is 1.48. The number of aromatic nitrogens is 1. The molecule has 1 aliphatic rings. The number of rotatable bonds is 2. The van der Waals surface area contributed by atoms with E-state index in [9.17, 15) is 4.79 Å². The van der Waals surface area contributed by atoms with Crippen molar-refractivity contribution >= 4 is 22.4 Å². The number of anilines is 1. The van der Waals surface area contributed by atoms with Crippen molar-refractivity contribution in [2.45, 2.75) is 12.5 Å². The Morgan fingerprint density at radius 3 is 3.08 bits per heavy atom. The van der Waals surface area contributed by atoms with Crippen molar-refractivity contribution in [2.24, 2.45) is 0 Å². The molecule has 70 valence electrons. The Bertz CT molecular complexity index is 294. The van der Waals surface area contributed by atoms with Gasteiger partial charge in [0.25, 0.3) is 0 Å². The summed E-state index contributed by atoms with van der Waals surface area (Å²) in [5.41, 5.74) is 0. The van der Waals surface area contributed by atoms with Crippen molar-refractivity contribution in [3.63, 3.8) is 0 Å². The van der Waals surface area contributed by atoms with Gasteiger partial charge in [0, 0.05) is 18.6 Å². The zero-order valence-electron chi connectivity index (χ0n) is 7.36. The molecule has 5 heteroatoms. The molecule has 2 heterocycles. The van der Waals surface area contributed by atoms with E-state index >= 15 is 0 Å². The van der Waals surface area contributed by atoms with E-state index in [1.54, 1.807) is 18.1 Å². The van der Waals surface area contributed by atoms with E-state index in [1.165, 1.54) is 11.3 Å². The van der Waals surface area contributed by atoms with Crippen LogP contribution in [0.1, 0.15) is 6.42 Å². The molecule has 0 radical (unpaired) electrons. The first-order valence-corrected chi connectivity index (χ1v) is 5.07. The Morgan fingerprint density at radius 1 is 1.85 bits per heavy atom. The molecule has 1 aromatic heterocycles. The van der Waals surface area contributed by atoms with E-state index < -0.39 is 0 Å². The summed E-state index contributed by atoms with van der Waals surface area (Å²) in [4.78, 5) is 17.3. The molecule has 1 N–H and O–H groups in total. The summed E-state index contributed by atoms with van der Waals surface area (Å²) < 4.78 is 0. The molecule has 1 aromatic rings. The molecule has 1 saturated heterocycles. The summed E-state index contributed by atoms with van der Waals surface area (Å²) in [6.45, 7) is 0.947. The van der Waals surface area contributed by atoms with Crippen LogP contribution in [-0.4, -0.2) is 30.5 Å². The third-order valence-electron chi connectivity index (χ3n) is 2.16. The van der Waals surface area contributed by atoms with Crippen LogP contribution in [0.5, 0.6) is 0 Å². The van der Waals surface area contributed by atoms with Gasteiger partial charge in [-0.25, -0.2) is 4.98 Å². The van der Waals surface area contributed by atoms with Crippen LogP contribution in [0, 0.1) is 0 Å². The van der Waals surface area contributed by atoms with E-state index in [1.807, 2.05) is 5.38 Å². The SMILES string of the molecule is CN(C(=O)[C@H]1CCN1)c1nccs1. The van der Waals surface area contributed by atoms with Gasteiger partial charge in [-0.2, -0.15) is 0 Å². The number of hydrogen-bond acceptors (Lipinski definition) is 4. The fourth-order valence-corrected chi connectivity index (χ4v) is 1.82. The number of carbonyl (C=O) groups is 1. The van der Waals surface area contributed by atoms with Crippen LogP contribution < -0.4 is 10.2 Å². The Labute approximate surface area is 80.6 Å². The average Bonchev–Trinajstić information content (AvgIpc) is 2.51. The lowest BCUT2D eigenvalue weighted by Gasteiger charge is -2.29. The Morgan fingerprint density at radius 2 is 2.62 bits per heavy atom. The number of amides is 1. The van der Waals surface area contributed by atoms with Crippen LogP contribution in [0.15, 0.2) is 11.6 Å². The highest BCUT2D eigenvalue weighted by Crippen LogP contribution is 2.17. The van der Waals surface area contributed by atoms with Crippen molar-refractivity contribution in [1.29, 1.82) is 0 Å². The predicted molar refractivity (Wildman–Crippen MR) is 51.9 cm³/mol. The topological polar surface area (TPSA) is 45.2 Å². The van der Waals surface area contributed by atoms with Crippen molar-refractivity contribution in [3.8, 4) is 0 Å². The summed E-state index contributed by atoms with van der Waals surface area (Å²) in [6.07, 6.45) is 2.65. The zero-order chi connectivity index (χ0) is 9.26. The number of likely N-dealkylation sites (N-methyl/N-ethyl adjacent to an activating group) is 1. The zero-order valence-corrected chi connectivity index (χ0v) is 8.17. The molecule has 13 heavy (non-hydrogen) atoms. The fourth-order valence-electron chi connectivity index (χ4n) is 1.21. The Balaban J connectivity index is 2.04. The van der Waals surface area contributed by atoms with Gasteiger partial charge in [0.2, 0.25) is 5.91 Å². The molecule has 0 saturated carbocycles. The van der Waals surface area contributed by atoms with Gasteiger partial charge < -0.3 is 5.32 Å². The summed E-state index contributed by atoms with van der Waals surface area (Å²) in [5, 5.41) is 5.70. The molecule has 1 fully saturated rings. The van der Waals surface area contributed by atoms with Gasteiger partial charge in [-0.05, 0) is 13.0 Å². The average molecular weight is 197 g/mol. The van der Waals surface area contributed by atoms with E-state index in [0.717, 1.165) is 18.1 Å². The quantitative estimate of drug-likeness (QED) is 0.749. The second kappa shape index (κ2) is 3.43. The summed E-state index contributed by atoms with van der Waals surface area (Å²) in [7, 11) is 1.77. The second-order valence-electron chi connectivity index (χ2n) is 3.01. The number of thiazole rings is 1. The maximum absolute atomic E-state index is 11.7. The summed E-state index contributed by atoms with van der Waals surface area (Å²) in [5.74, 6) is 0.112. The minimum atomic E-state index is 0.00824. The minimum absolute atomic E-state index is 0.00824. The lowest BCUT2D eigenvalue weighted by molar-refractivity contribution is -0.121. The van der Waals surface area contributed by atoms with Gasteiger partial charge in [0.1, 0.15) is 0 Å². The first-order valence-electron chi connectivity index (χ1n) is 4.19. The van der Waals surface area contributed by atoms with E-state index in [2.05, 4.69) is 10.3 Å². The van der Waals surface area contributed by atoms with Crippen molar-refractivity contribution < 1.29 is 4.79 Å². The molecule has 1 amide bonds. The Kier molecular flexibility index (Phi) is 2.28. The number of nitrogens with one attached hydrogen (secondary N) is 1. The van der Waals surface area contributed by atoms with Crippen molar-refractivity contribution in [1.82, 2.24) is 10.3 Å². The van der Waals surface area contributed by atoms with Crippen LogP contribution in [0.25, 0.3) is 0 Å². The normalized spacial score (nSPS) is 20.8. The first-order chi connectivity index (χ1) is 6.29. The third kappa shape index (κ3) is 1.57. The minimum Gasteiger partial charge on any atom is -0.306 e. The van der Waals surface area contributed by atoms with Gasteiger partial charge in [0.15, 0.2) is 5.13 Å². The highest BCUT2D eigenvalue weighted by molar-refractivity contribution is 7.13. The molecule has 0 aliphatic carbocycles. The molecule has 2 rings (SSSR count). The molecular weight excluding hydrogens is 186 g/mol. The standard InChI is InChI=1S/C8H11N3OS/c1-11(8-10-4-5-13-8)7(12)6-2-3-9-6/h4-6,9H,2-3H2,1H3/t6-/m1/s1. The van der Waals surface area contributed by atoms with E-state index in [-0.39, 0.29) is 11.9 Å². The lowest BCUT2D eigenvalue weighted by atomic mass is 10.1. The van der Waals surface area contributed by atoms with Crippen LogP contribution in [0.2, 0.25) is 0 Å². The molecule has 4 nitrogen and oxygen atoms in total. The van der Waals surface area contributed by atoms with E-state index in [0.29, 0.717) is 0 Å². The Hall–Kier alpha value is -0.940. The van der Waals surface area contributed by atoms with Gasteiger partial charge >= 0.3 is 0 Å². The molecule has 0 unspecified atom stereocenters. The summed E-state index contributed by atoms with van der Waals surface area (Å²) in [6, 6.07) is 0.00824. The molecular formula is C8H11N3OS. The van der Waals surface area contributed by atoms with Gasteiger partial charge in [-0.3, -0.25) is 9.69 Å². The number of hydrogen-bond donors (Lipinski definition) is 1. The molecule has 1 aliphatic heterocycles. The van der Waals surface area contributed by atoms with Crippen molar-refractivity contribution in [2.75, 3.05) is 18.5 Å².